The highest BCUT2D eigenvalue weighted by atomic mass is 16.5. The fraction of sp³-hybridized carbons (Fsp3) is 0.404. The number of ether oxygens (including phenoxy) is 4. The molecule has 0 aromatic heterocycles. The van der Waals surface area contributed by atoms with Crippen LogP contribution in [-0.4, -0.2) is 85.6 Å². The zero-order valence-electron chi connectivity index (χ0n) is 36.7. The number of aliphatic hydroxyl groups is 1. The zero-order chi connectivity index (χ0) is 45.4. The molecular weight excluding hydrogens is 795 g/mol. The Labute approximate surface area is 363 Å². The summed E-state index contributed by atoms with van der Waals surface area (Å²) < 4.78 is 21.5. The molecule has 15 nitrogen and oxygen atoms in total. The molecule has 0 aliphatic heterocycles. The van der Waals surface area contributed by atoms with Crippen LogP contribution in [0.2, 0.25) is 0 Å². The van der Waals surface area contributed by atoms with Crippen LogP contribution in [-0.2, 0) is 45.2 Å². The number of carbonyl (C=O) groups excluding carboxylic acids is 4. The summed E-state index contributed by atoms with van der Waals surface area (Å²) in [5.41, 5.74) is 1.81. The van der Waals surface area contributed by atoms with Crippen LogP contribution in [0.25, 0.3) is 0 Å². The van der Waals surface area contributed by atoms with Crippen molar-refractivity contribution < 1.29 is 48.3 Å². The van der Waals surface area contributed by atoms with Gasteiger partial charge in [0.25, 0.3) is 0 Å². The van der Waals surface area contributed by atoms with Gasteiger partial charge in [0.2, 0.25) is 17.7 Å². The summed E-state index contributed by atoms with van der Waals surface area (Å²) in [6.45, 7) is 8.88. The molecular formula is C47H61N5O10. The number of aliphatic hydroxyl groups excluding tert-OH is 1. The summed E-state index contributed by atoms with van der Waals surface area (Å²) in [7, 11) is 4.49. The number of carbonyl (C=O) groups is 4. The highest BCUT2D eigenvalue weighted by Crippen LogP contribution is 2.28. The number of hydrogen-bond acceptors (Lipinski definition) is 11. The largest absolute Gasteiger partial charge is 0.507 e. The average Bonchev–Trinajstić information content (AvgIpc) is 3.25. The van der Waals surface area contributed by atoms with Crippen LogP contribution in [0.1, 0.15) is 56.9 Å². The monoisotopic (exact) mass is 855 g/mol. The Balaban J connectivity index is 1.64. The Morgan fingerprint density at radius 3 is 1.89 bits per heavy atom. The molecule has 62 heavy (non-hydrogen) atoms. The first-order chi connectivity index (χ1) is 29.5. The van der Waals surface area contributed by atoms with Gasteiger partial charge in [-0.15, -0.1) is 0 Å². The third-order valence-electron chi connectivity index (χ3n) is 10.2. The molecule has 5 atom stereocenters. The summed E-state index contributed by atoms with van der Waals surface area (Å²) in [5, 5.41) is 37.3. The van der Waals surface area contributed by atoms with Crippen LogP contribution in [0.4, 0.5) is 4.79 Å². The van der Waals surface area contributed by atoms with Gasteiger partial charge in [-0.05, 0) is 58.7 Å². The molecule has 0 spiro atoms. The number of alkyl carbamates (subject to hydrolysis) is 1. The molecule has 4 aromatic rings. The molecule has 0 saturated carbocycles. The molecule has 0 aliphatic rings. The highest BCUT2D eigenvalue weighted by Gasteiger charge is 2.40. The van der Waals surface area contributed by atoms with Crippen molar-refractivity contribution in [1.29, 1.82) is 0 Å². The van der Waals surface area contributed by atoms with Crippen LogP contribution < -0.4 is 40.8 Å². The molecule has 0 aliphatic carbocycles. The Kier molecular flexibility index (Phi) is 18.0. The van der Waals surface area contributed by atoms with Gasteiger partial charge < -0.3 is 50.4 Å². The summed E-state index contributed by atoms with van der Waals surface area (Å²) >= 11 is 0. The van der Waals surface area contributed by atoms with Crippen LogP contribution in [0.3, 0.4) is 0 Å². The second-order valence-electron chi connectivity index (χ2n) is 16.3. The van der Waals surface area contributed by atoms with E-state index in [4.69, 9.17) is 18.9 Å². The second-order valence-corrected chi connectivity index (χ2v) is 16.3. The first-order valence-corrected chi connectivity index (χ1v) is 20.4. The molecule has 0 radical (unpaired) electrons. The number of nitrogens with one attached hydrogen (secondary N) is 5. The van der Waals surface area contributed by atoms with Crippen molar-refractivity contribution in [1.82, 2.24) is 26.6 Å². The van der Waals surface area contributed by atoms with Crippen molar-refractivity contribution in [3.8, 4) is 23.0 Å². The van der Waals surface area contributed by atoms with Crippen molar-refractivity contribution in [2.24, 2.45) is 11.3 Å². The minimum absolute atomic E-state index is 0.0115. The maximum Gasteiger partial charge on any atom is 0.408 e. The topological polar surface area (TPSA) is 206 Å². The highest BCUT2D eigenvalue weighted by molar-refractivity contribution is 5.91. The van der Waals surface area contributed by atoms with Crippen LogP contribution in [0.5, 0.6) is 23.0 Å². The lowest BCUT2D eigenvalue weighted by atomic mass is 9.85. The molecule has 334 valence electrons. The van der Waals surface area contributed by atoms with Gasteiger partial charge in [0.05, 0.1) is 33.5 Å². The Bertz CT molecular complexity index is 2080. The first-order valence-electron chi connectivity index (χ1n) is 20.4. The lowest BCUT2D eigenvalue weighted by molar-refractivity contribution is -0.134. The van der Waals surface area contributed by atoms with E-state index in [0.29, 0.717) is 28.4 Å². The number of phenolic OH excluding ortho intramolecular Hbond substituents is 1. The number of phenols is 1. The average molecular weight is 856 g/mol. The van der Waals surface area contributed by atoms with E-state index in [9.17, 15) is 29.4 Å². The minimum atomic E-state index is -1.60. The van der Waals surface area contributed by atoms with E-state index in [0.717, 1.165) is 11.1 Å². The van der Waals surface area contributed by atoms with E-state index >= 15 is 0 Å². The number of amides is 4. The van der Waals surface area contributed by atoms with Crippen LogP contribution in [0.15, 0.2) is 97.1 Å². The lowest BCUT2D eigenvalue weighted by Gasteiger charge is -2.35. The lowest BCUT2D eigenvalue weighted by Crippen LogP contribution is -2.63. The number of benzene rings is 4. The molecule has 4 amide bonds. The zero-order valence-corrected chi connectivity index (χ0v) is 36.7. The molecule has 4 rings (SSSR count). The number of rotatable bonds is 21. The van der Waals surface area contributed by atoms with E-state index in [1.807, 2.05) is 60.7 Å². The molecule has 0 bridgehead atoms. The summed E-state index contributed by atoms with van der Waals surface area (Å²) in [6, 6.07) is 23.5. The molecule has 0 fully saturated rings. The third kappa shape index (κ3) is 14.1. The van der Waals surface area contributed by atoms with Crippen LogP contribution >= 0.6 is 0 Å². The minimum Gasteiger partial charge on any atom is -0.507 e. The van der Waals surface area contributed by atoms with Gasteiger partial charge in [-0.2, -0.15) is 0 Å². The first kappa shape index (κ1) is 48.3. The summed E-state index contributed by atoms with van der Waals surface area (Å²) in [6.07, 6.45) is -2.32. The van der Waals surface area contributed by atoms with Gasteiger partial charge in [0, 0.05) is 24.7 Å². The van der Waals surface area contributed by atoms with E-state index in [-0.39, 0.29) is 31.9 Å². The Morgan fingerprint density at radius 1 is 0.661 bits per heavy atom. The van der Waals surface area contributed by atoms with Gasteiger partial charge in [-0.1, -0.05) is 101 Å². The van der Waals surface area contributed by atoms with Crippen molar-refractivity contribution in [3.63, 3.8) is 0 Å². The summed E-state index contributed by atoms with van der Waals surface area (Å²) in [5.74, 6) is -0.951. The number of aromatic hydroxyl groups is 1. The van der Waals surface area contributed by atoms with Gasteiger partial charge in [-0.25, -0.2) is 4.79 Å². The van der Waals surface area contributed by atoms with Crippen molar-refractivity contribution in [2.45, 2.75) is 91.0 Å². The predicted octanol–water partition coefficient (Wildman–Crippen LogP) is 4.76. The van der Waals surface area contributed by atoms with E-state index in [1.165, 1.54) is 27.4 Å². The normalized spacial score (nSPS) is 13.7. The fourth-order valence-corrected chi connectivity index (χ4v) is 6.66. The predicted molar refractivity (Wildman–Crippen MR) is 235 cm³/mol. The maximum absolute atomic E-state index is 14.5. The van der Waals surface area contributed by atoms with Gasteiger partial charge in [-0.3, -0.25) is 19.7 Å². The molecule has 0 saturated heterocycles. The van der Waals surface area contributed by atoms with E-state index in [2.05, 4.69) is 26.6 Å². The molecule has 15 heteroatoms. The molecule has 0 unspecified atom stereocenters. The van der Waals surface area contributed by atoms with Crippen molar-refractivity contribution in [3.05, 3.63) is 119 Å². The third-order valence-corrected chi connectivity index (χ3v) is 10.2. The van der Waals surface area contributed by atoms with Crippen molar-refractivity contribution in [2.75, 3.05) is 21.3 Å². The fourth-order valence-electron chi connectivity index (χ4n) is 6.66. The van der Waals surface area contributed by atoms with Crippen LogP contribution in [0, 0.1) is 11.3 Å². The molecule has 4 aromatic carbocycles. The quantitative estimate of drug-likeness (QED) is 0.0609. The van der Waals surface area contributed by atoms with E-state index < -0.39 is 65.4 Å². The number of methoxy groups -OCH3 is 3. The second kappa shape index (κ2) is 23.0. The van der Waals surface area contributed by atoms with E-state index in [1.54, 1.807) is 65.0 Å². The van der Waals surface area contributed by atoms with Gasteiger partial charge >= 0.3 is 6.09 Å². The van der Waals surface area contributed by atoms with Gasteiger partial charge in [0.1, 0.15) is 36.2 Å². The summed E-state index contributed by atoms with van der Waals surface area (Å²) in [4.78, 5) is 55.6. The number of hydrogen-bond donors (Lipinski definition) is 7. The van der Waals surface area contributed by atoms with Crippen molar-refractivity contribution >= 4 is 23.8 Å². The Morgan fingerprint density at radius 2 is 1.31 bits per heavy atom. The Hall–Kier alpha value is -6.32. The smallest absolute Gasteiger partial charge is 0.408 e. The maximum atomic E-state index is 14.5. The van der Waals surface area contributed by atoms with Gasteiger partial charge in [0.15, 0.2) is 11.5 Å². The molecule has 0 heterocycles. The standard InChI is InChI=1S/C47H61N5O10/c1-29(2)39(43(55)49-27-33-20-21-34(59-6)25-36(33)53)51-44(56)40(48-26-32-19-22-37(60-7)38(24-32)61-8)41(54)35(23-30-15-11-9-12-16-30)50-45(57)42(47(3,4)5)52-46(58)62-28-31-17-13-10-14-18-31/h9-22,24-25,29,35,39-42,48,53-54H,23,26-28H2,1-8H3,(H,49,55)(H,50,57)(H,51,56)(H,52,58)/t35-,39-,40+,41+,42+/m0/s1. The SMILES string of the molecule is COc1ccc(CNC(=O)[C@@H](NC(=O)[C@H](NCc2ccc(OC)c(OC)c2)[C@H](O)[C@H](Cc2ccccc2)NC(=O)[C@@H](NC(=O)OCc2ccccc2)C(C)(C)C)C(C)C)c(O)c1. The molecule has 7 N–H and O–H groups in total.